The zero-order valence-corrected chi connectivity index (χ0v) is 33.4. The fraction of sp³-hybridized carbons (Fsp3) is 0.784. The summed E-state index contributed by atoms with van der Waals surface area (Å²) in [6, 6.07) is 6.60. The van der Waals surface area contributed by atoms with E-state index < -0.39 is 16.6 Å². The van der Waals surface area contributed by atoms with E-state index in [2.05, 4.69) is 92.9 Å². The minimum Gasteiger partial charge on any atom is -0.465 e. The van der Waals surface area contributed by atoms with Gasteiger partial charge in [-0.25, -0.2) is 4.79 Å². The maximum atomic E-state index is 12.0. The minimum atomic E-state index is -2.03. The Labute approximate surface area is 281 Å². The topological polar surface area (TPSA) is 68.6 Å². The predicted molar refractivity (Wildman–Crippen MR) is 194 cm³/mol. The first kappa shape index (κ1) is 38.2. The molecule has 3 rings (SSSR count). The highest BCUT2D eigenvalue weighted by molar-refractivity contribution is 7.13. The molecule has 1 aromatic rings. The van der Waals surface area contributed by atoms with Crippen LogP contribution in [0.3, 0.4) is 0 Å². The van der Waals surface area contributed by atoms with E-state index in [-0.39, 0.29) is 51.4 Å². The summed E-state index contributed by atoms with van der Waals surface area (Å²) < 4.78 is 19.2. The Morgan fingerprint density at radius 1 is 1.11 bits per heavy atom. The first-order valence-corrected chi connectivity index (χ1v) is 24.0. The molecule has 254 valence electrons. The van der Waals surface area contributed by atoms with Crippen molar-refractivity contribution in [3.05, 3.63) is 34.0 Å². The number of aryl methyl sites for hydroxylation is 1. The van der Waals surface area contributed by atoms with Crippen LogP contribution in [0.15, 0.2) is 24.3 Å². The van der Waals surface area contributed by atoms with E-state index in [1.165, 1.54) is 49.0 Å². The van der Waals surface area contributed by atoms with Crippen LogP contribution in [0.4, 0.5) is 0 Å². The number of rotatable bonds is 14. The lowest BCUT2D eigenvalue weighted by Crippen LogP contribution is -2.51. The van der Waals surface area contributed by atoms with E-state index in [0.717, 1.165) is 32.1 Å². The second-order valence-electron chi connectivity index (χ2n) is 16.9. The molecule has 2 aliphatic carbocycles. The zero-order valence-electron chi connectivity index (χ0n) is 30.5. The van der Waals surface area contributed by atoms with Crippen LogP contribution in [0.5, 0.6) is 0 Å². The summed E-state index contributed by atoms with van der Waals surface area (Å²) in [6.45, 7) is 25.7. The minimum absolute atomic E-state index is 0.0173. The van der Waals surface area contributed by atoms with E-state index in [1.807, 2.05) is 12.1 Å². The number of carbonyl (C=O) groups is 1. The normalized spacial score (nSPS) is 24.8. The number of carbonyl (C=O) groups excluding carboxylic acids is 1. The van der Waals surface area contributed by atoms with Gasteiger partial charge < -0.3 is 13.6 Å². The summed E-state index contributed by atoms with van der Waals surface area (Å²) in [5.41, 5.74) is 0.283. The first-order valence-electron chi connectivity index (χ1n) is 17.4. The summed E-state index contributed by atoms with van der Waals surface area (Å²) >= 11 is 1.52. The van der Waals surface area contributed by atoms with Gasteiger partial charge in [0.2, 0.25) is 0 Å². The fourth-order valence-electron chi connectivity index (χ4n) is 6.70. The van der Waals surface area contributed by atoms with Crippen LogP contribution in [0.25, 0.3) is 0 Å². The highest BCUT2D eigenvalue weighted by Gasteiger charge is 2.49. The van der Waals surface area contributed by atoms with Gasteiger partial charge in [-0.05, 0) is 111 Å². The highest BCUT2D eigenvalue weighted by atomic mass is 32.1. The number of esters is 1. The second kappa shape index (κ2) is 14.9. The highest BCUT2D eigenvalue weighted by Crippen LogP contribution is 2.52. The molecule has 5 nitrogen and oxygen atoms in total. The Bertz CT molecular complexity index is 1190. The molecule has 0 spiro atoms. The summed E-state index contributed by atoms with van der Waals surface area (Å²) in [4.78, 5) is 13.8. The quantitative estimate of drug-likeness (QED) is 0.112. The first-order chi connectivity index (χ1) is 20.8. The number of hydrogen-bond acceptors (Lipinski definition) is 6. The van der Waals surface area contributed by atoms with Gasteiger partial charge in [0.25, 0.3) is 0 Å². The summed E-state index contributed by atoms with van der Waals surface area (Å²) in [6.07, 6.45) is 14.7. The van der Waals surface area contributed by atoms with Gasteiger partial charge in [-0.1, -0.05) is 67.0 Å². The van der Waals surface area contributed by atoms with E-state index in [9.17, 15) is 10.1 Å². The van der Waals surface area contributed by atoms with E-state index in [0.29, 0.717) is 4.88 Å². The van der Waals surface area contributed by atoms with Crippen LogP contribution < -0.4 is 0 Å². The standard InChI is InChI=1S/C37H63NO4SSi2/c1-13-37(23-16-24-37)33(42-45(11,12)36(5,6)7)20-15-19-30-29(18-14-17-28-21-22-32(43-28)34(39)40-8)27(26-38)25-31(30)41-44(9,10)35(2,3)4/h15,19,21-22,27,29-31,33H,13-14,16-18,20,23-25H2,1-12H3/t27-,29-,30+,31+,33?/m0/s1. The molecule has 0 aromatic carbocycles. The third-order valence-electron chi connectivity index (χ3n) is 12.0. The molecule has 2 fully saturated rings. The molecule has 2 saturated carbocycles. The number of nitriles is 1. The average molecular weight is 674 g/mol. The lowest BCUT2D eigenvalue weighted by atomic mass is 9.63. The van der Waals surface area contributed by atoms with Crippen LogP contribution in [0.1, 0.15) is 114 Å². The van der Waals surface area contributed by atoms with Crippen molar-refractivity contribution < 1.29 is 18.4 Å². The Morgan fingerprint density at radius 3 is 2.27 bits per heavy atom. The lowest BCUT2D eigenvalue weighted by molar-refractivity contribution is -0.0273. The van der Waals surface area contributed by atoms with Crippen molar-refractivity contribution in [1.29, 1.82) is 5.26 Å². The van der Waals surface area contributed by atoms with Crippen LogP contribution in [-0.4, -0.2) is 41.9 Å². The molecular formula is C37H63NO4SSi2. The molecule has 0 amide bonds. The summed E-state index contributed by atoms with van der Waals surface area (Å²) in [5, 5.41) is 10.6. The SMILES string of the molecule is CCC1(C(CC=C[C@@H]2[C@@H](CCCc3ccc(C(=O)OC)s3)[C@H](C#N)C[C@H]2O[Si](C)(C)C(C)(C)C)O[Si](C)(C)C(C)(C)C)CCC1. The summed E-state index contributed by atoms with van der Waals surface area (Å²) in [5.74, 6) is 0.177. The van der Waals surface area contributed by atoms with Gasteiger partial charge in [-0.3, -0.25) is 0 Å². The average Bonchev–Trinajstić information content (AvgIpc) is 3.51. The molecule has 1 heterocycles. The van der Waals surface area contributed by atoms with Crippen LogP contribution >= 0.6 is 11.3 Å². The molecule has 8 heteroatoms. The molecule has 0 aliphatic heterocycles. The lowest BCUT2D eigenvalue weighted by Gasteiger charge is -2.51. The molecule has 0 saturated heterocycles. The zero-order chi connectivity index (χ0) is 33.8. The molecule has 2 aliphatic rings. The van der Waals surface area contributed by atoms with Crippen LogP contribution in [0.2, 0.25) is 36.3 Å². The molecule has 45 heavy (non-hydrogen) atoms. The largest absolute Gasteiger partial charge is 0.465 e. The molecule has 1 aromatic heterocycles. The van der Waals surface area contributed by atoms with Crippen LogP contribution in [0, 0.1) is 34.5 Å². The molecule has 5 atom stereocenters. The third kappa shape index (κ3) is 9.01. The Kier molecular flexibility index (Phi) is 12.6. The van der Waals surface area contributed by atoms with Crippen molar-refractivity contribution in [1.82, 2.24) is 0 Å². The second-order valence-corrected chi connectivity index (χ2v) is 27.6. The summed E-state index contributed by atoms with van der Waals surface area (Å²) in [7, 11) is -2.54. The van der Waals surface area contributed by atoms with E-state index >= 15 is 0 Å². The Morgan fingerprint density at radius 2 is 1.76 bits per heavy atom. The molecule has 1 unspecified atom stereocenters. The monoisotopic (exact) mass is 673 g/mol. The van der Waals surface area contributed by atoms with Crippen molar-refractivity contribution in [2.24, 2.45) is 23.2 Å². The van der Waals surface area contributed by atoms with Crippen molar-refractivity contribution in [3.8, 4) is 6.07 Å². The molecule has 0 bridgehead atoms. The van der Waals surface area contributed by atoms with E-state index in [1.54, 1.807) is 0 Å². The van der Waals surface area contributed by atoms with Gasteiger partial charge >= 0.3 is 5.97 Å². The van der Waals surface area contributed by atoms with Gasteiger partial charge in [0.05, 0.1) is 31.3 Å². The number of ether oxygens (including phenoxy) is 1. The van der Waals surface area contributed by atoms with Crippen molar-refractivity contribution in [2.45, 2.75) is 155 Å². The number of methoxy groups -OCH3 is 1. The van der Waals surface area contributed by atoms with Gasteiger partial charge in [0.15, 0.2) is 16.6 Å². The molecule has 0 N–H and O–H groups in total. The number of nitrogens with zero attached hydrogens (tertiary/aromatic N) is 1. The maximum Gasteiger partial charge on any atom is 0.348 e. The van der Waals surface area contributed by atoms with Crippen molar-refractivity contribution in [3.63, 3.8) is 0 Å². The van der Waals surface area contributed by atoms with Gasteiger partial charge in [0, 0.05) is 10.8 Å². The van der Waals surface area contributed by atoms with Crippen LogP contribution in [-0.2, 0) is 20.0 Å². The van der Waals surface area contributed by atoms with E-state index in [4.69, 9.17) is 13.6 Å². The fourth-order valence-corrected chi connectivity index (χ4v) is 10.4. The molecule has 0 radical (unpaired) electrons. The Hall–Kier alpha value is -1.25. The van der Waals surface area contributed by atoms with Crippen molar-refractivity contribution >= 4 is 33.9 Å². The number of hydrogen-bond donors (Lipinski definition) is 0. The Balaban J connectivity index is 1.86. The smallest absolute Gasteiger partial charge is 0.348 e. The predicted octanol–water partition coefficient (Wildman–Crippen LogP) is 10.9. The number of thiophene rings is 1. The molecular weight excluding hydrogens is 611 g/mol. The van der Waals surface area contributed by atoms with Gasteiger partial charge in [-0.2, -0.15) is 5.26 Å². The van der Waals surface area contributed by atoms with Gasteiger partial charge in [0.1, 0.15) is 4.88 Å². The van der Waals surface area contributed by atoms with Crippen molar-refractivity contribution in [2.75, 3.05) is 7.11 Å². The third-order valence-corrected chi connectivity index (χ3v) is 22.2. The van der Waals surface area contributed by atoms with Gasteiger partial charge in [-0.15, -0.1) is 11.3 Å². The maximum absolute atomic E-state index is 12.0.